The number of hydrogen-bond acceptors (Lipinski definition) is 2. The summed E-state index contributed by atoms with van der Waals surface area (Å²) in [5, 5.41) is 0. The van der Waals surface area contributed by atoms with Crippen molar-refractivity contribution in [3.8, 4) is 0 Å². The van der Waals surface area contributed by atoms with Crippen molar-refractivity contribution in [2.75, 3.05) is 13.4 Å². The smallest absolute Gasteiger partial charge is 0.0993 e. The van der Waals surface area contributed by atoms with E-state index in [2.05, 4.69) is 0 Å². The van der Waals surface area contributed by atoms with E-state index >= 15 is 0 Å². The van der Waals surface area contributed by atoms with Crippen LogP contribution in [0.5, 0.6) is 0 Å². The van der Waals surface area contributed by atoms with Gasteiger partial charge in [-0.25, -0.2) is 0 Å². The van der Waals surface area contributed by atoms with Gasteiger partial charge in [0.25, 0.3) is 0 Å². The highest BCUT2D eigenvalue weighted by molar-refractivity contribution is 7.99. The standard InChI is InChI=1S/C4H10OS/c1-4(5-2)6-3/h4H,1-3H3. The number of rotatable bonds is 2. The van der Waals surface area contributed by atoms with Gasteiger partial charge in [0.2, 0.25) is 0 Å². The lowest BCUT2D eigenvalue weighted by molar-refractivity contribution is 0.188. The topological polar surface area (TPSA) is 9.23 Å². The molecule has 2 heteroatoms. The van der Waals surface area contributed by atoms with Gasteiger partial charge in [-0.3, -0.25) is 0 Å². The molecule has 0 rings (SSSR count). The molecule has 0 heterocycles. The predicted molar refractivity (Wildman–Crippen MR) is 30.0 cm³/mol. The molecule has 38 valence electrons. The largest absolute Gasteiger partial charge is 0.371 e. The summed E-state index contributed by atoms with van der Waals surface area (Å²) in [6.07, 6.45) is 2.02. The fourth-order valence-electron chi connectivity index (χ4n) is 0.0962. The Kier molecular flexibility index (Phi) is 3.68. The van der Waals surface area contributed by atoms with Gasteiger partial charge in [-0.1, -0.05) is 0 Å². The van der Waals surface area contributed by atoms with Crippen LogP contribution in [0, 0.1) is 0 Å². The Balaban J connectivity index is 2.75. The quantitative estimate of drug-likeness (QED) is 0.491. The van der Waals surface area contributed by atoms with Crippen LogP contribution in [0.25, 0.3) is 0 Å². The molecule has 0 aromatic carbocycles. The van der Waals surface area contributed by atoms with Crippen LogP contribution < -0.4 is 0 Å². The van der Waals surface area contributed by atoms with Gasteiger partial charge in [0, 0.05) is 7.11 Å². The van der Waals surface area contributed by atoms with Crippen molar-refractivity contribution in [1.82, 2.24) is 0 Å². The first kappa shape index (κ1) is 6.31. The molecule has 0 amide bonds. The molecule has 0 aromatic rings. The lowest BCUT2D eigenvalue weighted by atomic mass is 10.9. The fourth-order valence-corrected chi connectivity index (χ4v) is 0.289. The zero-order valence-electron chi connectivity index (χ0n) is 4.39. The Labute approximate surface area is 43.1 Å². The van der Waals surface area contributed by atoms with Gasteiger partial charge in [0.05, 0.1) is 5.44 Å². The van der Waals surface area contributed by atoms with Gasteiger partial charge >= 0.3 is 0 Å². The van der Waals surface area contributed by atoms with E-state index in [-0.39, 0.29) is 0 Å². The average molecular weight is 106 g/mol. The minimum atomic E-state index is 0.352. The number of hydrogen-bond donors (Lipinski definition) is 0. The molecule has 1 atom stereocenters. The van der Waals surface area contributed by atoms with Gasteiger partial charge in [0.15, 0.2) is 0 Å². The molecule has 6 heavy (non-hydrogen) atoms. The fraction of sp³-hybridized carbons (Fsp3) is 1.00. The Morgan fingerprint density at radius 1 is 1.67 bits per heavy atom. The number of methoxy groups -OCH3 is 1. The Hall–Kier alpha value is 0.310. The number of thioether (sulfide) groups is 1. The highest BCUT2D eigenvalue weighted by Gasteiger charge is 1.88. The van der Waals surface area contributed by atoms with E-state index in [1.165, 1.54) is 0 Å². The SMILES string of the molecule is COC(C)SC. The predicted octanol–water partition coefficient (Wildman–Crippen LogP) is 1.34. The monoisotopic (exact) mass is 106 g/mol. The van der Waals surface area contributed by atoms with Crippen LogP contribution in [-0.2, 0) is 4.74 Å². The van der Waals surface area contributed by atoms with E-state index in [4.69, 9.17) is 4.74 Å². The molecule has 0 aliphatic rings. The van der Waals surface area contributed by atoms with Crippen molar-refractivity contribution in [3.05, 3.63) is 0 Å². The molecule has 0 spiro atoms. The van der Waals surface area contributed by atoms with Crippen molar-refractivity contribution in [2.45, 2.75) is 12.4 Å². The molecule has 0 saturated carbocycles. The molecule has 0 saturated heterocycles. The van der Waals surface area contributed by atoms with Crippen LogP contribution in [0.4, 0.5) is 0 Å². The summed E-state index contributed by atoms with van der Waals surface area (Å²) in [4.78, 5) is 0. The van der Waals surface area contributed by atoms with Gasteiger partial charge in [-0.05, 0) is 13.2 Å². The van der Waals surface area contributed by atoms with Crippen LogP contribution in [0.15, 0.2) is 0 Å². The molecule has 0 bridgehead atoms. The third-order valence-electron chi connectivity index (χ3n) is 0.664. The molecular weight excluding hydrogens is 96.1 g/mol. The van der Waals surface area contributed by atoms with Crippen LogP contribution in [0.3, 0.4) is 0 Å². The van der Waals surface area contributed by atoms with Gasteiger partial charge in [-0.15, -0.1) is 11.8 Å². The Morgan fingerprint density at radius 3 is 2.17 bits per heavy atom. The van der Waals surface area contributed by atoms with Crippen molar-refractivity contribution >= 4 is 11.8 Å². The van der Waals surface area contributed by atoms with Gasteiger partial charge < -0.3 is 4.74 Å². The second-order valence-corrected chi connectivity index (χ2v) is 2.17. The summed E-state index contributed by atoms with van der Waals surface area (Å²) in [6.45, 7) is 2.02. The van der Waals surface area contributed by atoms with Crippen LogP contribution in [-0.4, -0.2) is 18.8 Å². The van der Waals surface area contributed by atoms with Crippen LogP contribution in [0.2, 0.25) is 0 Å². The van der Waals surface area contributed by atoms with Gasteiger partial charge in [-0.2, -0.15) is 0 Å². The second kappa shape index (κ2) is 3.50. The normalized spacial score (nSPS) is 14.5. The molecule has 0 radical (unpaired) electrons. The van der Waals surface area contributed by atoms with E-state index in [9.17, 15) is 0 Å². The molecule has 0 fully saturated rings. The van der Waals surface area contributed by atoms with Crippen LogP contribution in [0.1, 0.15) is 6.92 Å². The molecule has 1 unspecified atom stereocenters. The van der Waals surface area contributed by atoms with Crippen LogP contribution >= 0.6 is 11.8 Å². The Morgan fingerprint density at radius 2 is 2.17 bits per heavy atom. The van der Waals surface area contributed by atoms with Crippen molar-refractivity contribution < 1.29 is 4.74 Å². The van der Waals surface area contributed by atoms with E-state index in [1.807, 2.05) is 13.2 Å². The summed E-state index contributed by atoms with van der Waals surface area (Å²) in [7, 11) is 1.71. The molecule has 0 aliphatic carbocycles. The number of ether oxygens (including phenoxy) is 1. The minimum Gasteiger partial charge on any atom is -0.371 e. The lowest BCUT2D eigenvalue weighted by Gasteiger charge is -2.01. The summed E-state index contributed by atoms with van der Waals surface area (Å²) in [5.74, 6) is 0. The lowest BCUT2D eigenvalue weighted by Crippen LogP contribution is -1.94. The summed E-state index contributed by atoms with van der Waals surface area (Å²) in [6, 6.07) is 0. The van der Waals surface area contributed by atoms with Gasteiger partial charge in [0.1, 0.15) is 0 Å². The summed E-state index contributed by atoms with van der Waals surface area (Å²) >= 11 is 1.70. The molecule has 0 aliphatic heterocycles. The van der Waals surface area contributed by atoms with E-state index in [0.29, 0.717) is 5.44 Å². The van der Waals surface area contributed by atoms with Crippen molar-refractivity contribution in [2.24, 2.45) is 0 Å². The molecule has 0 aromatic heterocycles. The maximum absolute atomic E-state index is 4.86. The highest BCUT2D eigenvalue weighted by Crippen LogP contribution is 2.02. The first-order chi connectivity index (χ1) is 2.81. The zero-order chi connectivity index (χ0) is 4.99. The third-order valence-corrected chi connectivity index (χ3v) is 1.52. The van der Waals surface area contributed by atoms with E-state index in [0.717, 1.165) is 0 Å². The first-order valence-corrected chi connectivity index (χ1v) is 3.15. The highest BCUT2D eigenvalue weighted by atomic mass is 32.2. The second-order valence-electron chi connectivity index (χ2n) is 1.04. The third kappa shape index (κ3) is 2.54. The molecule has 1 nitrogen and oxygen atoms in total. The average Bonchev–Trinajstić information content (AvgIpc) is 1.65. The first-order valence-electron chi connectivity index (χ1n) is 1.87. The molecule has 0 N–H and O–H groups in total. The zero-order valence-corrected chi connectivity index (χ0v) is 5.21. The van der Waals surface area contributed by atoms with Crippen molar-refractivity contribution in [1.29, 1.82) is 0 Å². The van der Waals surface area contributed by atoms with E-state index in [1.54, 1.807) is 18.9 Å². The van der Waals surface area contributed by atoms with E-state index < -0.39 is 0 Å². The summed E-state index contributed by atoms with van der Waals surface area (Å²) in [5.41, 5.74) is 0.352. The maximum Gasteiger partial charge on any atom is 0.0993 e. The van der Waals surface area contributed by atoms with Crippen molar-refractivity contribution in [3.63, 3.8) is 0 Å². The molecular formula is C4H10OS. The minimum absolute atomic E-state index is 0.352. The maximum atomic E-state index is 4.86. The summed E-state index contributed by atoms with van der Waals surface area (Å²) < 4.78 is 4.86. The Bertz CT molecular complexity index is 26.7.